The topological polar surface area (TPSA) is 50.7 Å². The molecule has 184 valence electrons. The first kappa shape index (κ1) is 25.0. The molecule has 0 fully saturated rings. The van der Waals surface area contributed by atoms with Gasteiger partial charge >= 0.3 is 0 Å². The van der Waals surface area contributed by atoms with Gasteiger partial charge in [-0.05, 0) is 24.0 Å². The summed E-state index contributed by atoms with van der Waals surface area (Å²) < 4.78 is 1.75. The molecule has 0 radical (unpaired) electrons. The maximum Gasteiger partial charge on any atom is 0.278 e. The molecule has 4 heteroatoms. The van der Waals surface area contributed by atoms with Gasteiger partial charge in [0.05, 0.1) is 11.4 Å². The van der Waals surface area contributed by atoms with Crippen LogP contribution in [0.5, 0.6) is 0 Å². The van der Waals surface area contributed by atoms with Gasteiger partial charge in [-0.1, -0.05) is 125 Å². The maximum atomic E-state index is 13.3. The van der Waals surface area contributed by atoms with Crippen LogP contribution in [0.2, 0.25) is 0 Å². The van der Waals surface area contributed by atoms with Crippen LogP contribution in [-0.4, -0.2) is 14.5 Å². The molecular weight excluding hydrogens is 430 g/mol. The normalized spacial score (nSPS) is 11.3. The van der Waals surface area contributed by atoms with Gasteiger partial charge in [0.1, 0.15) is 5.69 Å². The van der Waals surface area contributed by atoms with Gasteiger partial charge in [0.2, 0.25) is 0 Å². The largest absolute Gasteiger partial charge is 0.354 e. The highest BCUT2D eigenvalue weighted by atomic mass is 16.1. The number of aryl methyl sites for hydroxylation is 1. The summed E-state index contributed by atoms with van der Waals surface area (Å²) >= 11 is 0. The Hall–Kier alpha value is -3.14. The number of nitrogens with one attached hydrogen (secondary N) is 1. The number of hydrogen-bond donors (Lipinski definition) is 1. The first-order chi connectivity index (χ1) is 17.3. The Balaban J connectivity index is 1.44. The maximum absolute atomic E-state index is 13.3. The average Bonchev–Trinajstić information content (AvgIpc) is 3.22. The smallest absolute Gasteiger partial charge is 0.278 e. The lowest BCUT2D eigenvalue weighted by Gasteiger charge is -2.13. The molecule has 1 N–H and O–H groups in total. The number of rotatable bonds is 14. The Morgan fingerprint density at radius 1 is 0.771 bits per heavy atom. The second-order valence-electron chi connectivity index (χ2n) is 9.66. The molecule has 0 atom stereocenters. The van der Waals surface area contributed by atoms with Crippen LogP contribution in [-0.2, 0) is 12.8 Å². The second-order valence-corrected chi connectivity index (χ2v) is 9.66. The van der Waals surface area contributed by atoms with Crippen molar-refractivity contribution >= 4 is 0 Å². The molecule has 0 amide bonds. The number of imidazole rings is 1. The SMILES string of the molecule is CCCCCCCCCCCCc1nc2c(Cc3ccccc3)[nH]c(-c3ccccc3)cn-2c1=O. The molecule has 2 aromatic rings. The minimum Gasteiger partial charge on any atom is -0.354 e. The van der Waals surface area contributed by atoms with Crippen molar-refractivity contribution < 1.29 is 0 Å². The van der Waals surface area contributed by atoms with Crippen LogP contribution in [0.3, 0.4) is 0 Å². The Morgan fingerprint density at radius 3 is 2.03 bits per heavy atom. The summed E-state index contributed by atoms with van der Waals surface area (Å²) in [7, 11) is 0. The highest BCUT2D eigenvalue weighted by Crippen LogP contribution is 2.23. The fourth-order valence-corrected chi connectivity index (χ4v) is 4.81. The van der Waals surface area contributed by atoms with Crippen molar-refractivity contribution in [2.45, 2.75) is 84.0 Å². The van der Waals surface area contributed by atoms with Crippen LogP contribution in [0.1, 0.15) is 88.1 Å². The van der Waals surface area contributed by atoms with E-state index in [1.807, 2.05) is 30.5 Å². The van der Waals surface area contributed by atoms with Crippen LogP contribution >= 0.6 is 0 Å². The lowest BCUT2D eigenvalue weighted by molar-refractivity contribution is 0.555. The van der Waals surface area contributed by atoms with Crippen molar-refractivity contribution in [2.24, 2.45) is 0 Å². The van der Waals surface area contributed by atoms with E-state index in [1.54, 1.807) is 4.57 Å². The van der Waals surface area contributed by atoms with Gasteiger partial charge < -0.3 is 4.98 Å². The summed E-state index contributed by atoms with van der Waals surface area (Å²) in [5.74, 6) is 0.751. The quantitative estimate of drug-likeness (QED) is 0.192. The number of unbranched alkanes of at least 4 members (excludes halogenated alkanes) is 9. The predicted molar refractivity (Wildman–Crippen MR) is 146 cm³/mol. The van der Waals surface area contributed by atoms with Gasteiger partial charge in [-0.3, -0.25) is 9.36 Å². The Bertz CT molecular complexity index is 1180. The van der Waals surface area contributed by atoms with Gasteiger partial charge in [-0.15, -0.1) is 0 Å². The number of H-pyrrole nitrogens is 1. The molecule has 35 heavy (non-hydrogen) atoms. The zero-order valence-corrected chi connectivity index (χ0v) is 21.1. The number of aromatic nitrogens is 3. The summed E-state index contributed by atoms with van der Waals surface area (Å²) in [4.78, 5) is 21.7. The third kappa shape index (κ3) is 6.94. The van der Waals surface area contributed by atoms with E-state index in [0.29, 0.717) is 12.1 Å². The molecule has 4 nitrogen and oxygen atoms in total. The minimum absolute atomic E-state index is 0.0245. The van der Waals surface area contributed by atoms with Gasteiger partial charge in [-0.2, -0.15) is 0 Å². The van der Waals surface area contributed by atoms with Crippen molar-refractivity contribution in [1.29, 1.82) is 0 Å². The molecule has 0 saturated heterocycles. The summed E-state index contributed by atoms with van der Waals surface area (Å²) in [6, 6.07) is 20.5. The van der Waals surface area contributed by atoms with Gasteiger partial charge in [0.25, 0.3) is 5.56 Å². The number of hydrogen-bond acceptors (Lipinski definition) is 2. The monoisotopic (exact) mass is 469 g/mol. The van der Waals surface area contributed by atoms with Crippen molar-refractivity contribution in [3.05, 3.63) is 94.2 Å². The van der Waals surface area contributed by atoms with Gasteiger partial charge in [-0.25, -0.2) is 4.98 Å². The van der Waals surface area contributed by atoms with Crippen LogP contribution in [0.25, 0.3) is 17.1 Å². The molecule has 0 saturated carbocycles. The fraction of sp³-hybridized carbons (Fsp3) is 0.419. The van der Waals surface area contributed by atoms with Crippen molar-refractivity contribution in [3.8, 4) is 17.1 Å². The van der Waals surface area contributed by atoms with E-state index in [4.69, 9.17) is 4.98 Å². The number of aromatic amines is 1. The van der Waals surface area contributed by atoms with E-state index >= 15 is 0 Å². The molecule has 4 rings (SSSR count). The van der Waals surface area contributed by atoms with E-state index in [0.717, 1.165) is 35.6 Å². The minimum atomic E-state index is 0.0245. The van der Waals surface area contributed by atoms with E-state index < -0.39 is 0 Å². The zero-order valence-electron chi connectivity index (χ0n) is 21.1. The molecule has 0 aromatic heterocycles. The lowest BCUT2D eigenvalue weighted by Crippen LogP contribution is -2.17. The number of nitrogens with zero attached hydrogens (tertiary/aromatic N) is 2. The number of fused-ring (bicyclic) bond motifs is 1. The summed E-state index contributed by atoms with van der Waals surface area (Å²) in [6.07, 6.45) is 16.3. The summed E-state index contributed by atoms with van der Waals surface area (Å²) in [5, 5.41) is 0. The molecule has 0 spiro atoms. The van der Waals surface area contributed by atoms with Crippen molar-refractivity contribution in [2.75, 3.05) is 0 Å². The molecule has 2 aliphatic rings. The van der Waals surface area contributed by atoms with Crippen molar-refractivity contribution in [3.63, 3.8) is 0 Å². The Kier molecular flexibility index (Phi) is 9.33. The summed E-state index contributed by atoms with van der Waals surface area (Å²) in [6.45, 7) is 2.26. The van der Waals surface area contributed by atoms with Gasteiger partial charge in [0.15, 0.2) is 5.82 Å². The second kappa shape index (κ2) is 13.1. The zero-order chi connectivity index (χ0) is 24.3. The molecule has 2 aromatic carbocycles. The van der Waals surface area contributed by atoms with Crippen LogP contribution in [0.4, 0.5) is 0 Å². The molecule has 0 unspecified atom stereocenters. The third-order valence-corrected chi connectivity index (χ3v) is 6.82. The van der Waals surface area contributed by atoms with Gasteiger partial charge in [0, 0.05) is 12.6 Å². The highest BCUT2D eigenvalue weighted by molar-refractivity contribution is 5.60. The van der Waals surface area contributed by atoms with E-state index in [2.05, 4.69) is 48.3 Å². The molecular formula is C31H39N3O. The lowest BCUT2D eigenvalue weighted by atomic mass is 10.1. The summed E-state index contributed by atoms with van der Waals surface area (Å²) in [5.41, 5.74) is 4.89. The molecule has 0 bridgehead atoms. The van der Waals surface area contributed by atoms with Crippen LogP contribution in [0, 0.1) is 0 Å². The predicted octanol–water partition coefficient (Wildman–Crippen LogP) is 7.72. The first-order valence-electron chi connectivity index (χ1n) is 13.5. The molecule has 2 heterocycles. The first-order valence-corrected chi connectivity index (χ1v) is 13.5. The van der Waals surface area contributed by atoms with E-state index in [-0.39, 0.29) is 5.56 Å². The number of benzene rings is 2. The average molecular weight is 470 g/mol. The third-order valence-electron chi connectivity index (χ3n) is 6.82. The fourth-order valence-electron chi connectivity index (χ4n) is 4.81. The van der Waals surface area contributed by atoms with Crippen LogP contribution < -0.4 is 5.56 Å². The van der Waals surface area contributed by atoms with E-state index in [1.165, 1.54) is 63.4 Å². The van der Waals surface area contributed by atoms with Crippen molar-refractivity contribution in [1.82, 2.24) is 14.5 Å². The molecule has 0 aliphatic carbocycles. The van der Waals surface area contributed by atoms with E-state index in [9.17, 15) is 4.79 Å². The standard InChI is InChI=1S/C31H39N3O/c1-2-3-4-5-6-7-8-9-10-17-22-27-31(35)34-24-29(26-20-15-12-16-21-26)32-28(30(34)33-27)23-25-18-13-11-14-19-25/h11-16,18-21,24,32H,2-10,17,22-23H2,1H3. The van der Waals surface area contributed by atoms with Crippen LogP contribution in [0.15, 0.2) is 71.7 Å². The Morgan fingerprint density at radius 2 is 1.37 bits per heavy atom. The molecule has 2 aliphatic heterocycles. The Labute approximate surface area is 209 Å². The highest BCUT2D eigenvalue weighted by Gasteiger charge is 2.20.